The van der Waals surface area contributed by atoms with Crippen molar-refractivity contribution in [3.63, 3.8) is 0 Å². The Bertz CT molecular complexity index is 953. The maximum atomic E-state index is 12.0. The molecule has 0 aliphatic carbocycles. The monoisotopic (exact) mass is 422 g/mol. The fourth-order valence-corrected chi connectivity index (χ4v) is 2.53. The highest BCUT2D eigenvalue weighted by Crippen LogP contribution is 2.19. The van der Waals surface area contributed by atoms with Crippen molar-refractivity contribution in [1.82, 2.24) is 15.1 Å². The van der Waals surface area contributed by atoms with Crippen LogP contribution in [0, 0.1) is 0 Å². The number of benzene rings is 1. The third-order valence-electron chi connectivity index (χ3n) is 3.28. The van der Waals surface area contributed by atoms with Gasteiger partial charge in [0.2, 0.25) is 17.6 Å². The van der Waals surface area contributed by atoms with Crippen LogP contribution in [0.2, 0.25) is 5.02 Å². The van der Waals surface area contributed by atoms with E-state index in [1.54, 1.807) is 24.3 Å². The summed E-state index contributed by atoms with van der Waals surface area (Å²) in [7, 11) is 0. The van der Waals surface area contributed by atoms with Crippen molar-refractivity contribution in [2.75, 3.05) is 5.32 Å². The molecule has 0 aliphatic rings. The Kier molecular flexibility index (Phi) is 5.30. The summed E-state index contributed by atoms with van der Waals surface area (Å²) >= 11 is 9.07. The van der Waals surface area contributed by atoms with Crippen LogP contribution in [0.15, 0.2) is 50.3 Å². The number of pyridine rings is 1. The van der Waals surface area contributed by atoms with Crippen molar-refractivity contribution >= 4 is 39.1 Å². The lowest BCUT2D eigenvalue weighted by atomic mass is 10.2. The molecule has 0 saturated carbocycles. The molecule has 0 bridgehead atoms. The molecule has 2 aromatic heterocycles. The van der Waals surface area contributed by atoms with Gasteiger partial charge in [-0.3, -0.25) is 9.59 Å². The van der Waals surface area contributed by atoms with E-state index in [-0.39, 0.29) is 30.0 Å². The number of hydrogen-bond donors (Lipinski definition) is 2. The Morgan fingerprint density at radius 3 is 2.84 bits per heavy atom. The van der Waals surface area contributed by atoms with Crippen LogP contribution in [0.1, 0.15) is 12.3 Å². The van der Waals surface area contributed by atoms with Crippen molar-refractivity contribution in [3.8, 4) is 11.4 Å². The minimum atomic E-state index is -0.376. The molecule has 9 heteroatoms. The van der Waals surface area contributed by atoms with E-state index in [0.717, 1.165) is 5.56 Å². The zero-order valence-corrected chi connectivity index (χ0v) is 15.1. The second-order valence-electron chi connectivity index (χ2n) is 5.13. The molecule has 0 unspecified atom stereocenters. The molecule has 3 rings (SSSR count). The number of nitrogens with one attached hydrogen (secondary N) is 2. The van der Waals surface area contributed by atoms with Gasteiger partial charge in [-0.25, -0.2) is 0 Å². The average molecular weight is 424 g/mol. The standard InChI is InChI=1S/C16H12BrClN4O3/c17-10-7-12(16(24)19-8-10)20-13(23)5-6-14-21-15(22-25-14)9-1-3-11(18)4-2-9/h1-4,7-8H,5-6H2,(H,19,24)(H,20,23). The highest BCUT2D eigenvalue weighted by atomic mass is 79.9. The summed E-state index contributed by atoms with van der Waals surface area (Å²) in [4.78, 5) is 30.4. The molecule has 3 aromatic rings. The number of H-pyrrole nitrogens is 1. The van der Waals surface area contributed by atoms with Crippen LogP contribution in [0.25, 0.3) is 11.4 Å². The van der Waals surface area contributed by atoms with Gasteiger partial charge in [0.25, 0.3) is 5.56 Å². The van der Waals surface area contributed by atoms with Gasteiger partial charge in [-0.15, -0.1) is 0 Å². The maximum absolute atomic E-state index is 12.0. The van der Waals surface area contributed by atoms with Gasteiger partial charge in [-0.2, -0.15) is 4.98 Å². The predicted octanol–water partition coefficient (Wildman–Crippen LogP) is 3.41. The Morgan fingerprint density at radius 2 is 2.08 bits per heavy atom. The quantitative estimate of drug-likeness (QED) is 0.655. The van der Waals surface area contributed by atoms with Gasteiger partial charge >= 0.3 is 0 Å². The summed E-state index contributed by atoms with van der Waals surface area (Å²) in [5.41, 5.74) is 0.565. The molecular weight excluding hydrogens is 412 g/mol. The van der Waals surface area contributed by atoms with E-state index in [1.165, 1.54) is 12.3 Å². The smallest absolute Gasteiger partial charge is 0.271 e. The van der Waals surface area contributed by atoms with E-state index >= 15 is 0 Å². The highest BCUT2D eigenvalue weighted by molar-refractivity contribution is 9.10. The fraction of sp³-hybridized carbons (Fsp3) is 0.125. The summed E-state index contributed by atoms with van der Waals surface area (Å²) < 4.78 is 5.80. The van der Waals surface area contributed by atoms with E-state index < -0.39 is 0 Å². The number of hydrogen-bond acceptors (Lipinski definition) is 5. The first kappa shape index (κ1) is 17.4. The minimum absolute atomic E-state index is 0.105. The van der Waals surface area contributed by atoms with Crippen molar-refractivity contribution in [2.24, 2.45) is 0 Å². The van der Waals surface area contributed by atoms with Gasteiger partial charge in [0.15, 0.2) is 0 Å². The van der Waals surface area contributed by atoms with Crippen LogP contribution in [-0.4, -0.2) is 21.0 Å². The van der Waals surface area contributed by atoms with Crippen LogP contribution in [0.5, 0.6) is 0 Å². The Hall–Kier alpha value is -2.45. The summed E-state index contributed by atoms with van der Waals surface area (Å²) in [5, 5.41) is 7.05. The lowest BCUT2D eigenvalue weighted by Gasteiger charge is -2.03. The first-order chi connectivity index (χ1) is 12.0. The molecule has 1 aromatic carbocycles. The summed E-state index contributed by atoms with van der Waals surface area (Å²) in [6, 6.07) is 8.56. The number of carbonyl (C=O) groups is 1. The lowest BCUT2D eigenvalue weighted by Crippen LogP contribution is -2.19. The van der Waals surface area contributed by atoms with Gasteiger partial charge < -0.3 is 14.8 Å². The number of nitrogens with zero attached hydrogens (tertiary/aromatic N) is 2. The summed E-state index contributed by atoms with van der Waals surface area (Å²) in [6.07, 6.45) is 1.86. The molecule has 25 heavy (non-hydrogen) atoms. The number of aryl methyl sites for hydroxylation is 1. The number of rotatable bonds is 5. The van der Waals surface area contributed by atoms with Crippen LogP contribution in [0.4, 0.5) is 5.69 Å². The second kappa shape index (κ2) is 7.62. The van der Waals surface area contributed by atoms with E-state index in [4.69, 9.17) is 16.1 Å². The molecule has 1 amide bonds. The van der Waals surface area contributed by atoms with Gasteiger partial charge in [-0.1, -0.05) is 16.8 Å². The van der Waals surface area contributed by atoms with Crippen LogP contribution in [-0.2, 0) is 11.2 Å². The number of amides is 1. The molecule has 0 spiro atoms. The van der Waals surface area contributed by atoms with Crippen molar-refractivity contribution in [3.05, 3.63) is 62.3 Å². The number of aromatic amines is 1. The zero-order chi connectivity index (χ0) is 17.8. The van der Waals surface area contributed by atoms with Gasteiger partial charge in [-0.05, 0) is 46.3 Å². The van der Waals surface area contributed by atoms with Gasteiger partial charge in [0.1, 0.15) is 5.69 Å². The first-order valence-electron chi connectivity index (χ1n) is 7.28. The van der Waals surface area contributed by atoms with Gasteiger partial charge in [0.05, 0.1) is 0 Å². The Morgan fingerprint density at radius 1 is 1.32 bits per heavy atom. The summed E-state index contributed by atoms with van der Waals surface area (Å²) in [6.45, 7) is 0. The topological polar surface area (TPSA) is 101 Å². The van der Waals surface area contributed by atoms with Crippen molar-refractivity contribution in [2.45, 2.75) is 12.8 Å². The van der Waals surface area contributed by atoms with E-state index in [2.05, 4.69) is 36.4 Å². The molecular formula is C16H12BrClN4O3. The maximum Gasteiger partial charge on any atom is 0.271 e. The van der Waals surface area contributed by atoms with Crippen molar-refractivity contribution < 1.29 is 9.32 Å². The molecule has 0 aliphatic heterocycles. The number of halogens is 2. The summed E-state index contributed by atoms with van der Waals surface area (Å²) in [5.74, 6) is 0.439. The van der Waals surface area contributed by atoms with Gasteiger partial charge in [0, 0.05) is 34.1 Å². The number of carbonyl (C=O) groups excluding carboxylic acids is 1. The fourth-order valence-electron chi connectivity index (χ4n) is 2.06. The second-order valence-corrected chi connectivity index (χ2v) is 6.48. The van der Waals surface area contributed by atoms with Crippen molar-refractivity contribution in [1.29, 1.82) is 0 Å². The molecule has 2 heterocycles. The molecule has 128 valence electrons. The Balaban J connectivity index is 1.60. The molecule has 7 nitrogen and oxygen atoms in total. The normalized spacial score (nSPS) is 10.6. The number of anilines is 1. The third-order valence-corrected chi connectivity index (χ3v) is 3.99. The van der Waals surface area contributed by atoms with Crippen LogP contribution in [0.3, 0.4) is 0 Å². The van der Waals surface area contributed by atoms with E-state index in [9.17, 15) is 9.59 Å². The molecule has 0 radical (unpaired) electrons. The lowest BCUT2D eigenvalue weighted by molar-refractivity contribution is -0.116. The number of aromatic nitrogens is 3. The molecule has 0 saturated heterocycles. The van der Waals surface area contributed by atoms with E-state index in [0.29, 0.717) is 21.2 Å². The average Bonchev–Trinajstić information content (AvgIpc) is 3.06. The Labute approximate surface area is 155 Å². The molecule has 2 N–H and O–H groups in total. The highest BCUT2D eigenvalue weighted by Gasteiger charge is 2.12. The zero-order valence-electron chi connectivity index (χ0n) is 12.8. The SMILES string of the molecule is O=C(CCc1nc(-c2ccc(Cl)cc2)no1)Nc1cc(Br)c[nH]c1=O. The third kappa shape index (κ3) is 4.55. The largest absolute Gasteiger partial charge is 0.339 e. The van der Waals surface area contributed by atoms with E-state index in [1.807, 2.05) is 0 Å². The van der Waals surface area contributed by atoms with Crippen LogP contribution >= 0.6 is 27.5 Å². The first-order valence-corrected chi connectivity index (χ1v) is 8.45. The van der Waals surface area contributed by atoms with Crippen LogP contribution < -0.4 is 10.9 Å². The minimum Gasteiger partial charge on any atom is -0.339 e. The molecule has 0 atom stereocenters. The predicted molar refractivity (Wildman–Crippen MR) is 96.5 cm³/mol. The molecule has 0 fully saturated rings.